The Morgan fingerprint density at radius 2 is 1.66 bits per heavy atom. The molecule has 2 aliphatic rings. The standard InChI is InChI=1S/C23H23N3O5S/c27-23(19-6-1-4-17-5-2-9-24-22(17)19)25-10-12-26(13-11-25)32(28,29)18-7-8-20-21(16-18)31-15-3-14-30-20/h1-2,4-9,16H,3,10-15H2. The van der Waals surface area contributed by atoms with Gasteiger partial charge in [0.25, 0.3) is 5.91 Å². The van der Waals surface area contributed by atoms with Crippen molar-refractivity contribution in [1.29, 1.82) is 0 Å². The number of sulfonamides is 1. The smallest absolute Gasteiger partial charge is 0.256 e. The molecule has 0 spiro atoms. The van der Waals surface area contributed by atoms with Crippen LogP contribution in [-0.4, -0.2) is 67.9 Å². The lowest BCUT2D eigenvalue weighted by Crippen LogP contribution is -2.50. The van der Waals surface area contributed by atoms with E-state index >= 15 is 0 Å². The third-order valence-corrected chi connectivity index (χ3v) is 7.64. The molecule has 0 N–H and O–H groups in total. The van der Waals surface area contributed by atoms with Crippen LogP contribution in [0.5, 0.6) is 11.5 Å². The molecule has 3 aromatic rings. The third kappa shape index (κ3) is 3.78. The minimum Gasteiger partial charge on any atom is -0.490 e. The molecule has 9 heteroatoms. The number of pyridine rings is 1. The zero-order chi connectivity index (χ0) is 22.1. The second kappa shape index (κ2) is 8.40. The lowest BCUT2D eigenvalue weighted by Gasteiger charge is -2.34. The minimum absolute atomic E-state index is 0.137. The predicted octanol–water partition coefficient (Wildman–Crippen LogP) is 2.54. The summed E-state index contributed by atoms with van der Waals surface area (Å²) in [5.41, 5.74) is 1.18. The van der Waals surface area contributed by atoms with Crippen LogP contribution in [0.2, 0.25) is 0 Å². The first kappa shape index (κ1) is 20.7. The number of nitrogens with zero attached hydrogens (tertiary/aromatic N) is 3. The highest BCUT2D eigenvalue weighted by molar-refractivity contribution is 7.89. The Morgan fingerprint density at radius 1 is 0.906 bits per heavy atom. The second-order valence-electron chi connectivity index (χ2n) is 7.74. The van der Waals surface area contributed by atoms with Crippen molar-refractivity contribution in [2.45, 2.75) is 11.3 Å². The molecule has 0 bridgehead atoms. The molecule has 5 rings (SSSR count). The van der Waals surface area contributed by atoms with E-state index in [-0.39, 0.29) is 23.9 Å². The molecule has 0 aliphatic carbocycles. The maximum absolute atomic E-state index is 13.2. The number of rotatable bonds is 3. The molecule has 0 unspecified atom stereocenters. The number of carbonyl (C=O) groups is 1. The Labute approximate surface area is 186 Å². The molecule has 0 saturated carbocycles. The van der Waals surface area contributed by atoms with Gasteiger partial charge in [-0.15, -0.1) is 0 Å². The van der Waals surface area contributed by atoms with Crippen LogP contribution in [-0.2, 0) is 10.0 Å². The molecule has 1 aromatic heterocycles. The molecule has 1 saturated heterocycles. The van der Waals surface area contributed by atoms with E-state index < -0.39 is 10.0 Å². The van der Waals surface area contributed by atoms with E-state index in [9.17, 15) is 13.2 Å². The Bertz CT molecular complexity index is 1260. The fourth-order valence-electron chi connectivity index (χ4n) is 4.03. The number of ether oxygens (including phenoxy) is 2. The van der Waals surface area contributed by atoms with Crippen LogP contribution in [0.15, 0.2) is 59.6 Å². The van der Waals surface area contributed by atoms with Crippen molar-refractivity contribution in [3.63, 3.8) is 0 Å². The lowest BCUT2D eigenvalue weighted by atomic mass is 10.1. The quantitative estimate of drug-likeness (QED) is 0.606. The van der Waals surface area contributed by atoms with Crippen molar-refractivity contribution >= 4 is 26.8 Å². The van der Waals surface area contributed by atoms with E-state index in [4.69, 9.17) is 9.47 Å². The normalized spacial score (nSPS) is 17.2. The Balaban J connectivity index is 1.32. The topological polar surface area (TPSA) is 89.0 Å². The highest BCUT2D eigenvalue weighted by Crippen LogP contribution is 2.33. The fourth-order valence-corrected chi connectivity index (χ4v) is 5.47. The number of amides is 1. The molecule has 8 nitrogen and oxygen atoms in total. The molecule has 1 fully saturated rings. The van der Waals surface area contributed by atoms with E-state index in [1.54, 1.807) is 29.3 Å². The van der Waals surface area contributed by atoms with Crippen LogP contribution in [0, 0.1) is 0 Å². The van der Waals surface area contributed by atoms with Crippen LogP contribution in [0.25, 0.3) is 10.9 Å². The first-order valence-electron chi connectivity index (χ1n) is 10.6. The van der Waals surface area contributed by atoms with Gasteiger partial charge in [-0.25, -0.2) is 8.42 Å². The summed E-state index contributed by atoms with van der Waals surface area (Å²) in [6, 6.07) is 14.0. The Hall–Kier alpha value is -3.17. The van der Waals surface area contributed by atoms with Gasteiger partial charge >= 0.3 is 0 Å². The zero-order valence-corrected chi connectivity index (χ0v) is 18.3. The maximum atomic E-state index is 13.2. The molecule has 3 heterocycles. The van der Waals surface area contributed by atoms with E-state index in [1.165, 1.54) is 10.4 Å². The monoisotopic (exact) mass is 453 g/mol. The molecule has 166 valence electrons. The summed E-state index contributed by atoms with van der Waals surface area (Å²) in [5.74, 6) is 0.864. The van der Waals surface area contributed by atoms with Crippen LogP contribution in [0.1, 0.15) is 16.8 Å². The minimum atomic E-state index is -3.71. The molecule has 0 radical (unpaired) electrons. The lowest BCUT2D eigenvalue weighted by molar-refractivity contribution is 0.0699. The van der Waals surface area contributed by atoms with Crippen LogP contribution in [0.3, 0.4) is 0 Å². The summed E-state index contributed by atoms with van der Waals surface area (Å²) in [7, 11) is -3.71. The largest absolute Gasteiger partial charge is 0.490 e. The van der Waals surface area contributed by atoms with Crippen molar-refractivity contribution in [2.75, 3.05) is 39.4 Å². The summed E-state index contributed by atoms with van der Waals surface area (Å²) in [5, 5.41) is 0.897. The van der Waals surface area contributed by atoms with E-state index in [1.807, 2.05) is 24.3 Å². The van der Waals surface area contributed by atoms with Gasteiger partial charge in [0, 0.05) is 50.2 Å². The van der Waals surface area contributed by atoms with Crippen molar-refractivity contribution in [2.24, 2.45) is 0 Å². The first-order chi connectivity index (χ1) is 15.5. The molecule has 1 amide bonds. The number of benzene rings is 2. The van der Waals surface area contributed by atoms with Gasteiger partial charge < -0.3 is 14.4 Å². The van der Waals surface area contributed by atoms with Gasteiger partial charge in [-0.05, 0) is 24.3 Å². The Morgan fingerprint density at radius 3 is 2.47 bits per heavy atom. The van der Waals surface area contributed by atoms with Crippen molar-refractivity contribution < 1.29 is 22.7 Å². The number of hydrogen-bond acceptors (Lipinski definition) is 6. The highest BCUT2D eigenvalue weighted by Gasteiger charge is 2.31. The third-order valence-electron chi connectivity index (χ3n) is 5.75. The number of para-hydroxylation sites is 1. The van der Waals surface area contributed by atoms with Gasteiger partial charge in [-0.3, -0.25) is 9.78 Å². The number of carbonyl (C=O) groups excluding carboxylic acids is 1. The van der Waals surface area contributed by atoms with Crippen molar-refractivity contribution in [3.05, 3.63) is 60.3 Å². The first-order valence-corrected chi connectivity index (χ1v) is 12.0. The van der Waals surface area contributed by atoms with Gasteiger partial charge in [0.05, 0.1) is 29.2 Å². The van der Waals surface area contributed by atoms with E-state index in [0.29, 0.717) is 48.9 Å². The van der Waals surface area contributed by atoms with Crippen molar-refractivity contribution in [1.82, 2.24) is 14.2 Å². The summed E-state index contributed by atoms with van der Waals surface area (Å²) >= 11 is 0. The molecule has 0 atom stereocenters. The summed E-state index contributed by atoms with van der Waals surface area (Å²) < 4.78 is 39.0. The molecule has 32 heavy (non-hydrogen) atoms. The number of aromatic nitrogens is 1. The van der Waals surface area contributed by atoms with Crippen molar-refractivity contribution in [3.8, 4) is 11.5 Å². The predicted molar refractivity (Wildman–Crippen MR) is 118 cm³/mol. The number of fused-ring (bicyclic) bond motifs is 2. The summed E-state index contributed by atoms with van der Waals surface area (Å²) in [6.45, 7) is 2.10. The van der Waals surface area contributed by atoms with Gasteiger partial charge in [-0.2, -0.15) is 4.31 Å². The van der Waals surface area contributed by atoms with Crippen LogP contribution < -0.4 is 9.47 Å². The van der Waals surface area contributed by atoms with Gasteiger partial charge in [0.1, 0.15) is 0 Å². The zero-order valence-electron chi connectivity index (χ0n) is 17.4. The SMILES string of the molecule is O=C(c1cccc2cccnc12)N1CCN(S(=O)(=O)c2ccc3c(c2)OCCCO3)CC1. The Kier molecular flexibility index (Phi) is 5.44. The number of hydrogen-bond donors (Lipinski definition) is 0. The number of piperazine rings is 1. The fraction of sp³-hybridized carbons (Fsp3) is 0.304. The van der Waals surface area contributed by atoms with Gasteiger partial charge in [0.15, 0.2) is 11.5 Å². The average molecular weight is 454 g/mol. The van der Waals surface area contributed by atoms with Crippen LogP contribution >= 0.6 is 0 Å². The molecular formula is C23H23N3O5S. The second-order valence-corrected chi connectivity index (χ2v) is 9.67. The van der Waals surface area contributed by atoms with E-state index in [0.717, 1.165) is 11.8 Å². The van der Waals surface area contributed by atoms with Gasteiger partial charge in [-0.1, -0.05) is 18.2 Å². The summed E-state index contributed by atoms with van der Waals surface area (Å²) in [6.07, 6.45) is 2.41. The molecule has 2 aliphatic heterocycles. The maximum Gasteiger partial charge on any atom is 0.256 e. The van der Waals surface area contributed by atoms with E-state index in [2.05, 4.69) is 4.98 Å². The highest BCUT2D eigenvalue weighted by atomic mass is 32.2. The summed E-state index contributed by atoms with van der Waals surface area (Å²) in [4.78, 5) is 19.3. The van der Waals surface area contributed by atoms with Gasteiger partial charge in [0.2, 0.25) is 10.0 Å². The average Bonchev–Trinajstić information content (AvgIpc) is 3.08. The molecular weight excluding hydrogens is 430 g/mol. The van der Waals surface area contributed by atoms with Crippen LogP contribution in [0.4, 0.5) is 0 Å². The molecule has 2 aromatic carbocycles.